The van der Waals surface area contributed by atoms with Gasteiger partial charge in [-0.25, -0.2) is 0 Å². The Labute approximate surface area is 200 Å². The molecule has 0 amide bonds. The first-order valence-corrected chi connectivity index (χ1v) is 12.9. The third-order valence-corrected chi connectivity index (χ3v) is 5.45. The molecule has 0 spiro atoms. The van der Waals surface area contributed by atoms with E-state index in [4.69, 9.17) is 14.2 Å². The van der Waals surface area contributed by atoms with Crippen molar-refractivity contribution < 1.29 is 14.2 Å². The van der Waals surface area contributed by atoms with Crippen molar-refractivity contribution in [2.75, 3.05) is 33.0 Å². The van der Waals surface area contributed by atoms with Gasteiger partial charge in [-0.15, -0.1) is 10.2 Å². The highest BCUT2D eigenvalue weighted by molar-refractivity contribution is 5.53. The number of nitrogens with zero attached hydrogens (tertiary/aromatic N) is 3. The summed E-state index contributed by atoms with van der Waals surface area (Å²) in [5.74, 6) is 0.551. The zero-order chi connectivity index (χ0) is 23.4. The zero-order valence-electron chi connectivity index (χ0n) is 20.8. The molecule has 0 unspecified atom stereocenters. The minimum atomic E-state index is 0.551. The number of hydrogen-bond donors (Lipinski definition) is 0. The van der Waals surface area contributed by atoms with Crippen LogP contribution in [0.1, 0.15) is 83.6 Å². The van der Waals surface area contributed by atoms with E-state index in [0.29, 0.717) is 12.5 Å². The van der Waals surface area contributed by atoms with Gasteiger partial charge in [0.25, 0.3) is 0 Å². The summed E-state index contributed by atoms with van der Waals surface area (Å²) in [4.78, 5) is 4.56. The first-order chi connectivity index (χ1) is 16.3. The van der Waals surface area contributed by atoms with Crippen molar-refractivity contribution in [3.63, 3.8) is 0 Å². The predicted octanol–water partition coefficient (Wildman–Crippen LogP) is 6.43. The number of aromatic nitrogens is 3. The van der Waals surface area contributed by atoms with Gasteiger partial charge >= 0.3 is 0 Å². The van der Waals surface area contributed by atoms with Gasteiger partial charge in [0.15, 0.2) is 0 Å². The standard InChI is InChI=1S/C27H43N3O3/c1-3-5-7-9-19-32-20-10-8-13-24-14-15-25(28-23-24)26-16-17-27(30-29-26)33-22-12-11-21-31-18-6-4-2/h14-17,23H,3-13,18-22H2,1-2H3. The lowest BCUT2D eigenvalue weighted by Crippen LogP contribution is -2.03. The highest BCUT2D eigenvalue weighted by Gasteiger charge is 2.04. The van der Waals surface area contributed by atoms with Gasteiger partial charge in [0.2, 0.25) is 5.88 Å². The Morgan fingerprint density at radius 1 is 0.606 bits per heavy atom. The van der Waals surface area contributed by atoms with Crippen molar-refractivity contribution in [3.8, 4) is 17.3 Å². The molecular formula is C27H43N3O3. The van der Waals surface area contributed by atoms with Crippen LogP contribution in [0.4, 0.5) is 0 Å². The molecule has 184 valence electrons. The van der Waals surface area contributed by atoms with Crippen LogP contribution < -0.4 is 4.74 Å². The van der Waals surface area contributed by atoms with Crippen molar-refractivity contribution in [1.29, 1.82) is 0 Å². The smallest absolute Gasteiger partial charge is 0.233 e. The van der Waals surface area contributed by atoms with Crippen molar-refractivity contribution in [2.45, 2.75) is 84.5 Å². The summed E-state index contributed by atoms with van der Waals surface area (Å²) in [5, 5.41) is 8.45. The van der Waals surface area contributed by atoms with Gasteiger partial charge in [0, 0.05) is 38.7 Å². The molecule has 0 atom stereocenters. The molecule has 0 bridgehead atoms. The molecule has 2 heterocycles. The van der Waals surface area contributed by atoms with Gasteiger partial charge in [-0.1, -0.05) is 45.6 Å². The van der Waals surface area contributed by atoms with Gasteiger partial charge in [0.05, 0.1) is 12.3 Å². The molecule has 33 heavy (non-hydrogen) atoms. The molecule has 0 saturated carbocycles. The molecule has 0 radical (unpaired) electrons. The lowest BCUT2D eigenvalue weighted by molar-refractivity contribution is 0.123. The first kappa shape index (κ1) is 27.2. The Hall–Kier alpha value is -2.05. The van der Waals surface area contributed by atoms with Crippen LogP contribution in [-0.4, -0.2) is 48.2 Å². The predicted molar refractivity (Wildman–Crippen MR) is 134 cm³/mol. The summed E-state index contributed by atoms with van der Waals surface area (Å²) in [7, 11) is 0. The lowest BCUT2D eigenvalue weighted by atomic mass is 10.1. The second-order valence-corrected chi connectivity index (χ2v) is 8.46. The number of unbranched alkanes of at least 4 members (excludes halogenated alkanes) is 6. The van der Waals surface area contributed by atoms with Gasteiger partial charge < -0.3 is 14.2 Å². The fourth-order valence-corrected chi connectivity index (χ4v) is 3.36. The summed E-state index contributed by atoms with van der Waals surface area (Å²) >= 11 is 0. The highest BCUT2D eigenvalue weighted by atomic mass is 16.5. The number of rotatable bonds is 20. The molecule has 2 rings (SSSR count). The average Bonchev–Trinajstić information content (AvgIpc) is 2.85. The Balaban J connectivity index is 1.59. The van der Waals surface area contributed by atoms with E-state index in [1.807, 2.05) is 24.4 Å². The van der Waals surface area contributed by atoms with Crippen LogP contribution in [0.5, 0.6) is 5.88 Å². The molecule has 0 saturated heterocycles. The molecule has 0 fully saturated rings. The van der Waals surface area contributed by atoms with Crippen LogP contribution in [0, 0.1) is 0 Å². The van der Waals surface area contributed by atoms with Gasteiger partial charge in [-0.2, -0.15) is 0 Å². The fraction of sp³-hybridized carbons (Fsp3) is 0.667. The molecule has 0 aliphatic carbocycles. The third-order valence-electron chi connectivity index (χ3n) is 5.45. The van der Waals surface area contributed by atoms with Crippen LogP contribution >= 0.6 is 0 Å². The van der Waals surface area contributed by atoms with E-state index < -0.39 is 0 Å². The normalized spacial score (nSPS) is 11.1. The van der Waals surface area contributed by atoms with E-state index >= 15 is 0 Å². The lowest BCUT2D eigenvalue weighted by Gasteiger charge is -2.07. The SMILES string of the molecule is CCCCCCOCCCCc1ccc(-c2ccc(OCCCCOCCCC)nn2)nc1. The summed E-state index contributed by atoms with van der Waals surface area (Å²) in [6.07, 6.45) is 14.5. The Morgan fingerprint density at radius 2 is 1.27 bits per heavy atom. The van der Waals surface area contributed by atoms with E-state index in [1.165, 1.54) is 37.7 Å². The highest BCUT2D eigenvalue weighted by Crippen LogP contribution is 2.17. The van der Waals surface area contributed by atoms with Crippen LogP contribution in [0.3, 0.4) is 0 Å². The Bertz CT molecular complexity index is 708. The maximum Gasteiger partial charge on any atom is 0.233 e. The van der Waals surface area contributed by atoms with E-state index in [0.717, 1.165) is 76.3 Å². The quantitative estimate of drug-likeness (QED) is 0.213. The van der Waals surface area contributed by atoms with E-state index in [2.05, 4.69) is 35.1 Å². The van der Waals surface area contributed by atoms with E-state index in [9.17, 15) is 0 Å². The maximum atomic E-state index is 5.71. The summed E-state index contributed by atoms with van der Waals surface area (Å²) in [6, 6.07) is 7.92. The second-order valence-electron chi connectivity index (χ2n) is 8.46. The monoisotopic (exact) mass is 457 g/mol. The van der Waals surface area contributed by atoms with Gasteiger partial charge in [-0.05, 0) is 62.6 Å². The molecular weight excluding hydrogens is 414 g/mol. The van der Waals surface area contributed by atoms with Gasteiger partial charge in [0.1, 0.15) is 5.69 Å². The average molecular weight is 458 g/mol. The number of aryl methyl sites for hydroxylation is 1. The fourth-order valence-electron chi connectivity index (χ4n) is 3.36. The van der Waals surface area contributed by atoms with Crippen molar-refractivity contribution in [2.24, 2.45) is 0 Å². The van der Waals surface area contributed by atoms with Gasteiger partial charge in [-0.3, -0.25) is 4.98 Å². The Kier molecular flexibility index (Phi) is 15.2. The number of hydrogen-bond acceptors (Lipinski definition) is 6. The molecule has 2 aromatic heterocycles. The Morgan fingerprint density at radius 3 is 1.94 bits per heavy atom. The second kappa shape index (κ2) is 18.4. The molecule has 6 heteroatoms. The minimum absolute atomic E-state index is 0.551. The maximum absolute atomic E-state index is 5.71. The third kappa shape index (κ3) is 12.7. The number of pyridine rings is 1. The van der Waals surface area contributed by atoms with Crippen LogP contribution in [0.15, 0.2) is 30.5 Å². The van der Waals surface area contributed by atoms with Crippen LogP contribution in [-0.2, 0) is 15.9 Å². The molecule has 0 N–H and O–H groups in total. The summed E-state index contributed by atoms with van der Waals surface area (Å²) < 4.78 is 16.9. The topological polar surface area (TPSA) is 66.4 Å². The van der Waals surface area contributed by atoms with Crippen molar-refractivity contribution >= 4 is 0 Å². The molecule has 6 nitrogen and oxygen atoms in total. The molecule has 0 aliphatic rings. The van der Waals surface area contributed by atoms with Crippen molar-refractivity contribution in [1.82, 2.24) is 15.2 Å². The van der Waals surface area contributed by atoms with E-state index in [-0.39, 0.29) is 0 Å². The minimum Gasteiger partial charge on any atom is -0.477 e. The number of ether oxygens (including phenoxy) is 3. The van der Waals surface area contributed by atoms with Crippen LogP contribution in [0.2, 0.25) is 0 Å². The first-order valence-electron chi connectivity index (χ1n) is 12.9. The zero-order valence-corrected chi connectivity index (χ0v) is 20.8. The van der Waals surface area contributed by atoms with Crippen molar-refractivity contribution in [3.05, 3.63) is 36.0 Å². The summed E-state index contributed by atoms with van der Waals surface area (Å²) in [6.45, 7) is 8.43. The molecule has 0 aliphatic heterocycles. The molecule has 2 aromatic rings. The van der Waals surface area contributed by atoms with Crippen LogP contribution in [0.25, 0.3) is 11.4 Å². The van der Waals surface area contributed by atoms with E-state index in [1.54, 1.807) is 0 Å². The summed E-state index contributed by atoms with van der Waals surface area (Å²) in [5.41, 5.74) is 2.83. The largest absolute Gasteiger partial charge is 0.477 e. The molecule has 0 aromatic carbocycles.